The molecule has 0 bridgehead atoms. The van der Waals surface area contributed by atoms with E-state index < -0.39 is 0 Å². The van der Waals surface area contributed by atoms with Crippen molar-refractivity contribution in [3.63, 3.8) is 0 Å². The molecule has 2 N–H and O–H groups in total. The lowest BCUT2D eigenvalue weighted by atomic mass is 9.89. The number of amides is 1. The van der Waals surface area contributed by atoms with Crippen LogP contribution in [0.15, 0.2) is 6.20 Å². The molecule has 1 amide bonds. The van der Waals surface area contributed by atoms with E-state index in [0.29, 0.717) is 0 Å². The summed E-state index contributed by atoms with van der Waals surface area (Å²) >= 11 is 0. The van der Waals surface area contributed by atoms with Crippen LogP contribution in [0.25, 0.3) is 0 Å². The molecule has 0 spiro atoms. The second-order valence-corrected chi connectivity index (χ2v) is 5.65. The molecular weight excluding hydrogens is 216 g/mol. The molecule has 1 heterocycles. The first-order chi connectivity index (χ1) is 7.70. The zero-order valence-corrected chi connectivity index (χ0v) is 11.3. The molecule has 1 rings (SSSR count). The molecule has 5 nitrogen and oxygen atoms in total. The molecule has 1 aromatic heterocycles. The van der Waals surface area contributed by atoms with Crippen LogP contribution in [0.3, 0.4) is 0 Å². The molecule has 0 aromatic carbocycles. The summed E-state index contributed by atoms with van der Waals surface area (Å²) in [5.41, 5.74) is 7.31. The fourth-order valence-corrected chi connectivity index (χ4v) is 1.79. The van der Waals surface area contributed by atoms with E-state index in [1.54, 1.807) is 4.68 Å². The predicted molar refractivity (Wildman–Crippen MR) is 67.5 cm³/mol. The van der Waals surface area contributed by atoms with Gasteiger partial charge in [0.05, 0.1) is 5.69 Å². The van der Waals surface area contributed by atoms with Gasteiger partial charge in [-0.3, -0.25) is 9.48 Å². The molecule has 0 radical (unpaired) electrons. The lowest BCUT2D eigenvalue weighted by molar-refractivity contribution is -0.118. The SMILES string of the molecule is CN(C)Cc1cn(CC(N)=O)nc1C(C)(C)C. The predicted octanol–water partition coefficient (Wildman–Crippen LogP) is 0.728. The number of nitrogens with zero attached hydrogens (tertiary/aromatic N) is 3. The Balaban J connectivity index is 3.07. The Hall–Kier alpha value is -1.36. The quantitative estimate of drug-likeness (QED) is 0.841. The smallest absolute Gasteiger partial charge is 0.239 e. The minimum absolute atomic E-state index is 0.0335. The lowest BCUT2D eigenvalue weighted by Gasteiger charge is -2.19. The van der Waals surface area contributed by atoms with E-state index in [0.717, 1.165) is 17.8 Å². The highest BCUT2D eigenvalue weighted by Crippen LogP contribution is 2.24. The van der Waals surface area contributed by atoms with Gasteiger partial charge in [-0.25, -0.2) is 0 Å². The van der Waals surface area contributed by atoms with Crippen LogP contribution in [0.2, 0.25) is 0 Å². The van der Waals surface area contributed by atoms with Crippen molar-refractivity contribution >= 4 is 5.91 Å². The normalized spacial score (nSPS) is 12.1. The molecule has 1 aromatic rings. The Kier molecular flexibility index (Phi) is 3.93. The Morgan fingerprint density at radius 2 is 2.06 bits per heavy atom. The van der Waals surface area contributed by atoms with Gasteiger partial charge in [0.25, 0.3) is 0 Å². The first-order valence-electron chi connectivity index (χ1n) is 5.70. The average Bonchev–Trinajstić information content (AvgIpc) is 2.44. The summed E-state index contributed by atoms with van der Waals surface area (Å²) in [5.74, 6) is -0.371. The van der Waals surface area contributed by atoms with Crippen LogP contribution in [0.4, 0.5) is 0 Å². The number of hydrogen-bond acceptors (Lipinski definition) is 3. The Labute approximate surface area is 103 Å². The largest absolute Gasteiger partial charge is 0.368 e. The molecule has 5 heteroatoms. The van der Waals surface area contributed by atoms with Gasteiger partial charge >= 0.3 is 0 Å². The van der Waals surface area contributed by atoms with Crippen LogP contribution in [0.5, 0.6) is 0 Å². The topological polar surface area (TPSA) is 64.2 Å². The molecule has 0 fully saturated rings. The van der Waals surface area contributed by atoms with Gasteiger partial charge in [0.15, 0.2) is 0 Å². The molecule has 0 atom stereocenters. The highest BCUT2D eigenvalue weighted by molar-refractivity contribution is 5.73. The van der Waals surface area contributed by atoms with Gasteiger partial charge in [-0.15, -0.1) is 0 Å². The van der Waals surface area contributed by atoms with Crippen molar-refractivity contribution in [3.8, 4) is 0 Å². The Bertz CT molecular complexity index is 401. The van der Waals surface area contributed by atoms with E-state index in [2.05, 4.69) is 30.8 Å². The number of hydrogen-bond donors (Lipinski definition) is 1. The number of aromatic nitrogens is 2. The van der Waals surface area contributed by atoms with Gasteiger partial charge in [-0.1, -0.05) is 20.8 Å². The summed E-state index contributed by atoms with van der Waals surface area (Å²) in [6.45, 7) is 7.29. The van der Waals surface area contributed by atoms with Crippen molar-refractivity contribution in [2.45, 2.75) is 39.3 Å². The van der Waals surface area contributed by atoms with Crippen molar-refractivity contribution in [1.82, 2.24) is 14.7 Å². The number of carbonyl (C=O) groups excluding carboxylic acids is 1. The van der Waals surface area contributed by atoms with Crippen molar-refractivity contribution in [2.24, 2.45) is 5.73 Å². The second-order valence-electron chi connectivity index (χ2n) is 5.65. The molecule has 0 saturated carbocycles. The number of primary amides is 1. The maximum Gasteiger partial charge on any atom is 0.239 e. The zero-order chi connectivity index (χ0) is 13.2. The molecule has 0 aliphatic carbocycles. The standard InChI is InChI=1S/C12H22N4O/c1-12(2,3)11-9(6-15(4)5)7-16(14-11)8-10(13)17/h7H,6,8H2,1-5H3,(H2,13,17). The van der Waals surface area contributed by atoms with E-state index in [-0.39, 0.29) is 17.9 Å². The molecule has 96 valence electrons. The third-order valence-electron chi connectivity index (χ3n) is 2.35. The van der Waals surface area contributed by atoms with Gasteiger partial charge < -0.3 is 10.6 Å². The first kappa shape index (κ1) is 13.7. The lowest BCUT2D eigenvalue weighted by Crippen LogP contribution is -2.20. The van der Waals surface area contributed by atoms with E-state index in [1.165, 1.54) is 0 Å². The Morgan fingerprint density at radius 1 is 1.47 bits per heavy atom. The monoisotopic (exact) mass is 238 g/mol. The van der Waals surface area contributed by atoms with Crippen LogP contribution in [-0.4, -0.2) is 34.7 Å². The average molecular weight is 238 g/mol. The van der Waals surface area contributed by atoms with Crippen molar-refractivity contribution in [3.05, 3.63) is 17.5 Å². The van der Waals surface area contributed by atoms with E-state index in [1.807, 2.05) is 20.3 Å². The highest BCUT2D eigenvalue weighted by atomic mass is 16.1. The zero-order valence-electron chi connectivity index (χ0n) is 11.3. The minimum Gasteiger partial charge on any atom is -0.368 e. The van der Waals surface area contributed by atoms with Crippen LogP contribution in [0.1, 0.15) is 32.0 Å². The van der Waals surface area contributed by atoms with E-state index >= 15 is 0 Å². The molecular formula is C12H22N4O. The summed E-state index contributed by atoms with van der Waals surface area (Å²) in [4.78, 5) is 13.0. The molecule has 0 aliphatic rings. The van der Waals surface area contributed by atoms with Crippen LogP contribution in [0, 0.1) is 0 Å². The summed E-state index contributed by atoms with van der Waals surface area (Å²) in [6.07, 6.45) is 1.91. The van der Waals surface area contributed by atoms with Crippen LogP contribution in [-0.2, 0) is 23.3 Å². The van der Waals surface area contributed by atoms with E-state index in [9.17, 15) is 4.79 Å². The molecule has 0 unspecified atom stereocenters. The maximum atomic E-state index is 10.9. The third-order valence-corrected chi connectivity index (χ3v) is 2.35. The number of nitrogens with two attached hydrogens (primary N) is 1. The van der Waals surface area contributed by atoms with Crippen molar-refractivity contribution in [2.75, 3.05) is 14.1 Å². The molecule has 17 heavy (non-hydrogen) atoms. The summed E-state index contributed by atoms with van der Waals surface area (Å²) in [6, 6.07) is 0. The highest BCUT2D eigenvalue weighted by Gasteiger charge is 2.22. The van der Waals surface area contributed by atoms with Gasteiger partial charge in [0.2, 0.25) is 5.91 Å². The summed E-state index contributed by atoms with van der Waals surface area (Å²) < 4.78 is 1.63. The van der Waals surface area contributed by atoms with Crippen LogP contribution >= 0.6 is 0 Å². The van der Waals surface area contributed by atoms with Crippen molar-refractivity contribution in [1.29, 1.82) is 0 Å². The summed E-state index contributed by atoms with van der Waals surface area (Å²) in [7, 11) is 4.02. The fourth-order valence-electron chi connectivity index (χ4n) is 1.79. The first-order valence-corrected chi connectivity index (χ1v) is 5.70. The summed E-state index contributed by atoms with van der Waals surface area (Å²) in [5, 5.41) is 4.46. The second kappa shape index (κ2) is 4.87. The minimum atomic E-state index is -0.371. The Morgan fingerprint density at radius 3 is 2.47 bits per heavy atom. The fraction of sp³-hybridized carbons (Fsp3) is 0.667. The maximum absolute atomic E-state index is 10.9. The third kappa shape index (κ3) is 3.85. The van der Waals surface area contributed by atoms with Gasteiger partial charge in [-0.05, 0) is 14.1 Å². The molecule has 0 aliphatic heterocycles. The van der Waals surface area contributed by atoms with Crippen LogP contribution < -0.4 is 5.73 Å². The molecule has 0 saturated heterocycles. The van der Waals surface area contributed by atoms with Gasteiger partial charge in [-0.2, -0.15) is 5.10 Å². The number of rotatable bonds is 4. The van der Waals surface area contributed by atoms with E-state index in [4.69, 9.17) is 5.73 Å². The number of carbonyl (C=O) groups is 1. The van der Waals surface area contributed by atoms with Crippen molar-refractivity contribution < 1.29 is 4.79 Å². The van der Waals surface area contributed by atoms with Gasteiger partial charge in [0.1, 0.15) is 6.54 Å². The van der Waals surface area contributed by atoms with Gasteiger partial charge in [0, 0.05) is 23.7 Å².